The maximum atomic E-state index is 13.0. The molecular formula is C18H28N3O2+. The molecule has 0 aromatic heterocycles. The second-order valence-corrected chi connectivity index (χ2v) is 6.19. The molecule has 0 aliphatic carbocycles. The fraction of sp³-hybridized carbons (Fsp3) is 0.556. The molecule has 1 saturated heterocycles. The molecule has 1 aliphatic heterocycles. The first kappa shape index (κ1) is 17.5. The molecule has 5 nitrogen and oxygen atoms in total. The Bertz CT molecular complexity index is 520. The fourth-order valence-corrected chi connectivity index (χ4v) is 3.48. The first-order valence-corrected chi connectivity index (χ1v) is 8.56. The van der Waals surface area contributed by atoms with E-state index in [-0.39, 0.29) is 23.8 Å². The molecule has 0 spiro atoms. The maximum Gasteiger partial charge on any atom is 0.285 e. The number of carbonyl (C=O) groups excluding carboxylic acids is 2. The standard InChI is InChI=1S/C18H27N3O2/c1-3-20(4-2)18(23)16(14-8-6-5-7-9-14)21-12-10-15(11-13-21)17(19)22/h5-9,15-16H,3-4,10-13H2,1-2H3,(H2,19,22)/p+1/t16-/m1/s1. The Hall–Kier alpha value is -1.88. The number of benzene rings is 1. The van der Waals surface area contributed by atoms with Gasteiger partial charge in [0.2, 0.25) is 5.91 Å². The Morgan fingerprint density at radius 2 is 1.74 bits per heavy atom. The van der Waals surface area contributed by atoms with Gasteiger partial charge in [0.05, 0.1) is 13.1 Å². The zero-order valence-electron chi connectivity index (χ0n) is 14.1. The van der Waals surface area contributed by atoms with Gasteiger partial charge in [0.25, 0.3) is 5.91 Å². The molecule has 0 unspecified atom stereocenters. The highest BCUT2D eigenvalue weighted by atomic mass is 16.2. The molecule has 0 radical (unpaired) electrons. The zero-order valence-corrected chi connectivity index (χ0v) is 14.1. The van der Waals surface area contributed by atoms with Crippen molar-refractivity contribution in [3.8, 4) is 0 Å². The molecule has 1 aliphatic rings. The number of likely N-dealkylation sites (tertiary alicyclic amines) is 1. The average Bonchev–Trinajstić information content (AvgIpc) is 2.57. The summed E-state index contributed by atoms with van der Waals surface area (Å²) in [5.41, 5.74) is 6.48. The topological polar surface area (TPSA) is 67.8 Å². The Balaban J connectivity index is 2.21. The van der Waals surface area contributed by atoms with Crippen LogP contribution in [0.2, 0.25) is 0 Å². The predicted molar refractivity (Wildman–Crippen MR) is 89.7 cm³/mol. The smallest absolute Gasteiger partial charge is 0.285 e. The van der Waals surface area contributed by atoms with E-state index in [2.05, 4.69) is 0 Å². The van der Waals surface area contributed by atoms with Crippen molar-refractivity contribution < 1.29 is 14.5 Å². The van der Waals surface area contributed by atoms with E-state index in [1.165, 1.54) is 4.90 Å². The predicted octanol–water partition coefficient (Wildman–Crippen LogP) is 0.376. The van der Waals surface area contributed by atoms with Crippen molar-refractivity contribution in [2.45, 2.75) is 32.7 Å². The van der Waals surface area contributed by atoms with Crippen molar-refractivity contribution in [2.75, 3.05) is 26.2 Å². The third-order valence-corrected chi connectivity index (χ3v) is 4.89. The Labute approximate surface area is 138 Å². The number of primary amides is 1. The van der Waals surface area contributed by atoms with Gasteiger partial charge in [-0.1, -0.05) is 30.3 Å². The molecule has 126 valence electrons. The van der Waals surface area contributed by atoms with Crippen molar-refractivity contribution in [3.05, 3.63) is 35.9 Å². The highest BCUT2D eigenvalue weighted by Gasteiger charge is 2.37. The number of quaternary nitrogens is 1. The number of hydrogen-bond acceptors (Lipinski definition) is 2. The molecule has 1 aromatic rings. The summed E-state index contributed by atoms with van der Waals surface area (Å²) in [7, 11) is 0. The summed E-state index contributed by atoms with van der Waals surface area (Å²) in [6.07, 6.45) is 1.53. The molecule has 3 N–H and O–H groups in total. The molecule has 0 bridgehead atoms. The summed E-state index contributed by atoms with van der Waals surface area (Å²) >= 11 is 0. The van der Waals surface area contributed by atoms with Crippen LogP contribution in [0.4, 0.5) is 0 Å². The number of carbonyl (C=O) groups is 2. The number of hydrogen-bond donors (Lipinski definition) is 2. The fourth-order valence-electron chi connectivity index (χ4n) is 3.48. The normalized spacial score (nSPS) is 22.3. The molecule has 5 heteroatoms. The van der Waals surface area contributed by atoms with Crippen molar-refractivity contribution in [2.24, 2.45) is 11.7 Å². The summed E-state index contributed by atoms with van der Waals surface area (Å²) in [4.78, 5) is 27.5. The number of likely N-dealkylation sites (N-methyl/N-ethyl adjacent to an activating group) is 1. The van der Waals surface area contributed by atoms with E-state index in [9.17, 15) is 9.59 Å². The lowest BCUT2D eigenvalue weighted by atomic mass is 9.93. The number of nitrogens with two attached hydrogens (primary N) is 1. The van der Waals surface area contributed by atoms with E-state index in [0.717, 1.165) is 44.6 Å². The summed E-state index contributed by atoms with van der Waals surface area (Å²) in [6.45, 7) is 7.07. The second kappa shape index (κ2) is 8.11. The first-order valence-electron chi connectivity index (χ1n) is 8.56. The molecule has 1 aromatic carbocycles. The van der Waals surface area contributed by atoms with Crippen LogP contribution in [0.1, 0.15) is 38.3 Å². The second-order valence-electron chi connectivity index (χ2n) is 6.19. The van der Waals surface area contributed by atoms with E-state index in [4.69, 9.17) is 5.73 Å². The monoisotopic (exact) mass is 318 g/mol. The third-order valence-electron chi connectivity index (χ3n) is 4.89. The van der Waals surface area contributed by atoms with Gasteiger partial charge >= 0.3 is 0 Å². The Morgan fingerprint density at radius 3 is 2.22 bits per heavy atom. The van der Waals surface area contributed by atoms with E-state index in [0.29, 0.717) is 0 Å². The van der Waals surface area contributed by atoms with Crippen molar-refractivity contribution in [1.29, 1.82) is 0 Å². The van der Waals surface area contributed by atoms with Crippen molar-refractivity contribution in [1.82, 2.24) is 4.90 Å². The van der Waals surface area contributed by atoms with E-state index in [1.54, 1.807) is 0 Å². The summed E-state index contributed by atoms with van der Waals surface area (Å²) in [5, 5.41) is 0. The summed E-state index contributed by atoms with van der Waals surface area (Å²) < 4.78 is 0. The lowest BCUT2D eigenvalue weighted by molar-refractivity contribution is -0.927. The quantitative estimate of drug-likeness (QED) is 0.796. The van der Waals surface area contributed by atoms with Gasteiger partial charge in [-0.25, -0.2) is 0 Å². The summed E-state index contributed by atoms with van der Waals surface area (Å²) in [5.74, 6) is -0.0807. The van der Waals surface area contributed by atoms with Gasteiger partial charge in [-0.15, -0.1) is 0 Å². The van der Waals surface area contributed by atoms with Crippen LogP contribution in [0.5, 0.6) is 0 Å². The molecule has 1 heterocycles. The van der Waals surface area contributed by atoms with Gasteiger partial charge in [0, 0.05) is 37.4 Å². The number of rotatable bonds is 6. The van der Waals surface area contributed by atoms with Gasteiger partial charge in [0.1, 0.15) is 0 Å². The van der Waals surface area contributed by atoms with E-state index < -0.39 is 0 Å². The van der Waals surface area contributed by atoms with Crippen LogP contribution in [0.25, 0.3) is 0 Å². The Kier molecular flexibility index (Phi) is 6.16. The van der Waals surface area contributed by atoms with Crippen LogP contribution in [0, 0.1) is 5.92 Å². The molecule has 2 amide bonds. The van der Waals surface area contributed by atoms with Crippen LogP contribution in [-0.4, -0.2) is 42.9 Å². The highest BCUT2D eigenvalue weighted by molar-refractivity contribution is 5.82. The zero-order chi connectivity index (χ0) is 16.8. The van der Waals surface area contributed by atoms with Crippen LogP contribution in [0.3, 0.4) is 0 Å². The Morgan fingerprint density at radius 1 is 1.17 bits per heavy atom. The van der Waals surface area contributed by atoms with Crippen molar-refractivity contribution in [3.63, 3.8) is 0 Å². The SMILES string of the molecule is CCN(CC)C(=O)[C@@H](c1ccccc1)[NH+]1CCC(C(N)=O)CC1. The van der Waals surface area contributed by atoms with Crippen molar-refractivity contribution >= 4 is 11.8 Å². The number of nitrogens with zero attached hydrogens (tertiary/aromatic N) is 1. The van der Waals surface area contributed by atoms with Gasteiger partial charge in [-0.2, -0.15) is 0 Å². The lowest BCUT2D eigenvalue weighted by Gasteiger charge is -2.35. The minimum absolute atomic E-state index is 0.0428. The first-order chi connectivity index (χ1) is 11.1. The molecule has 2 rings (SSSR count). The number of piperidine rings is 1. The van der Waals surface area contributed by atoms with Gasteiger partial charge in [0.15, 0.2) is 6.04 Å². The number of amides is 2. The van der Waals surface area contributed by atoms with E-state index in [1.807, 2.05) is 49.1 Å². The van der Waals surface area contributed by atoms with Crippen LogP contribution in [0.15, 0.2) is 30.3 Å². The minimum atomic E-state index is -0.213. The average molecular weight is 318 g/mol. The van der Waals surface area contributed by atoms with Crippen LogP contribution >= 0.6 is 0 Å². The lowest BCUT2D eigenvalue weighted by Crippen LogP contribution is -3.14. The molecule has 1 fully saturated rings. The minimum Gasteiger partial charge on any atom is -0.369 e. The van der Waals surface area contributed by atoms with Gasteiger partial charge in [-0.05, 0) is 13.8 Å². The molecule has 1 atom stereocenters. The number of nitrogens with one attached hydrogen (secondary N) is 1. The van der Waals surface area contributed by atoms with Crippen LogP contribution < -0.4 is 10.6 Å². The molecular weight excluding hydrogens is 290 g/mol. The maximum absolute atomic E-state index is 13.0. The van der Waals surface area contributed by atoms with E-state index >= 15 is 0 Å². The third kappa shape index (κ3) is 4.10. The highest BCUT2D eigenvalue weighted by Crippen LogP contribution is 2.16. The molecule has 0 saturated carbocycles. The molecule has 23 heavy (non-hydrogen) atoms. The largest absolute Gasteiger partial charge is 0.369 e. The summed E-state index contributed by atoms with van der Waals surface area (Å²) in [6, 6.07) is 9.79. The van der Waals surface area contributed by atoms with Gasteiger partial charge in [-0.3, -0.25) is 9.59 Å². The van der Waals surface area contributed by atoms with Gasteiger partial charge < -0.3 is 15.5 Å². The van der Waals surface area contributed by atoms with Crippen LogP contribution in [-0.2, 0) is 9.59 Å².